The third-order valence-corrected chi connectivity index (χ3v) is 11.1. The number of nitrogens with one attached hydrogen (secondary N) is 3. The number of thiophene rings is 1. The minimum Gasteiger partial charge on any atom is -0.465 e. The average Bonchev–Trinajstić information content (AvgIpc) is 3.48. The van der Waals surface area contributed by atoms with Crippen molar-refractivity contribution in [3.63, 3.8) is 0 Å². The molecule has 0 aliphatic heterocycles. The first-order valence-corrected chi connectivity index (χ1v) is 18.4. The van der Waals surface area contributed by atoms with Crippen LogP contribution in [0.4, 0.5) is 16.4 Å². The molecule has 13 heteroatoms. The van der Waals surface area contributed by atoms with Crippen molar-refractivity contribution in [3.05, 3.63) is 122 Å². The van der Waals surface area contributed by atoms with Gasteiger partial charge in [0.05, 0.1) is 22.8 Å². The summed E-state index contributed by atoms with van der Waals surface area (Å²) in [6.07, 6.45) is 3.97. The number of hydrogen-bond donors (Lipinski definition) is 3. The number of thioether (sulfide) groups is 1. The predicted octanol–water partition coefficient (Wildman–Crippen LogP) is 8.12. The Hall–Kier alpha value is -5.27. The topological polar surface area (TPSA) is 157 Å². The van der Waals surface area contributed by atoms with Crippen molar-refractivity contribution in [2.75, 3.05) is 17.7 Å². The number of carbonyl (C=O) groups excluding carboxylic acids is 4. The van der Waals surface area contributed by atoms with E-state index in [1.54, 1.807) is 55.5 Å². The number of nitro benzene ring substituents is 1. The maximum atomic E-state index is 13.6. The van der Waals surface area contributed by atoms with Crippen molar-refractivity contribution in [3.8, 4) is 0 Å². The number of nitrogens with zero attached hydrogens (tertiary/aromatic N) is 1. The van der Waals surface area contributed by atoms with Gasteiger partial charge in [-0.25, -0.2) is 4.79 Å². The van der Waals surface area contributed by atoms with E-state index in [-0.39, 0.29) is 22.7 Å². The Morgan fingerprint density at radius 3 is 2.37 bits per heavy atom. The summed E-state index contributed by atoms with van der Waals surface area (Å²) in [5, 5.41) is 19.5. The highest BCUT2D eigenvalue weighted by Gasteiger charge is 2.34. The van der Waals surface area contributed by atoms with Crippen molar-refractivity contribution >= 4 is 69.2 Å². The maximum absolute atomic E-state index is 13.6. The van der Waals surface area contributed by atoms with Gasteiger partial charge in [-0.05, 0) is 97.2 Å². The van der Waals surface area contributed by atoms with Crippen LogP contribution in [0.5, 0.6) is 0 Å². The Morgan fingerprint density at radius 1 is 1.00 bits per heavy atom. The number of hydrogen-bond acceptors (Lipinski definition) is 9. The summed E-state index contributed by atoms with van der Waals surface area (Å²) in [4.78, 5) is 65.3. The highest BCUT2D eigenvalue weighted by Crippen LogP contribution is 2.44. The average molecular weight is 741 g/mol. The van der Waals surface area contributed by atoms with Gasteiger partial charge in [0.15, 0.2) is 0 Å². The summed E-state index contributed by atoms with van der Waals surface area (Å²) < 4.78 is 5.11. The number of nitro groups is 1. The fourth-order valence-electron chi connectivity index (χ4n) is 5.85. The Morgan fingerprint density at radius 2 is 1.71 bits per heavy atom. The molecule has 0 bridgehead atoms. The molecule has 2 unspecified atom stereocenters. The molecule has 1 aromatic heterocycles. The quantitative estimate of drug-likeness (QED) is 0.0458. The molecule has 3 amide bonds. The van der Waals surface area contributed by atoms with E-state index < -0.39 is 28.0 Å². The molecule has 0 saturated carbocycles. The van der Waals surface area contributed by atoms with Gasteiger partial charge in [0.25, 0.3) is 17.5 Å². The number of benzene rings is 3. The Labute approximate surface area is 310 Å². The van der Waals surface area contributed by atoms with Crippen molar-refractivity contribution in [1.29, 1.82) is 0 Å². The second-order valence-corrected chi connectivity index (χ2v) is 16.0. The van der Waals surface area contributed by atoms with E-state index in [9.17, 15) is 29.3 Å². The van der Waals surface area contributed by atoms with Gasteiger partial charge in [0.1, 0.15) is 10.7 Å². The third-order valence-electron chi connectivity index (χ3n) is 8.83. The molecule has 11 nitrogen and oxygen atoms in total. The lowest BCUT2D eigenvalue weighted by Gasteiger charge is -2.33. The molecule has 5 rings (SSSR count). The highest BCUT2D eigenvalue weighted by molar-refractivity contribution is 8.00. The smallest absolute Gasteiger partial charge is 0.341 e. The van der Waals surface area contributed by atoms with E-state index in [2.05, 4.69) is 36.7 Å². The van der Waals surface area contributed by atoms with Gasteiger partial charge in [-0.15, -0.1) is 23.1 Å². The van der Waals surface area contributed by atoms with Crippen LogP contribution in [0.3, 0.4) is 0 Å². The second-order valence-electron chi connectivity index (χ2n) is 13.5. The largest absolute Gasteiger partial charge is 0.465 e. The van der Waals surface area contributed by atoms with Crippen molar-refractivity contribution in [1.82, 2.24) is 5.32 Å². The van der Waals surface area contributed by atoms with Crippen LogP contribution in [0.2, 0.25) is 0 Å². The molecular weight excluding hydrogens is 701 g/mol. The summed E-state index contributed by atoms with van der Waals surface area (Å²) >= 11 is 2.72. The molecule has 3 N–H and O–H groups in total. The molecule has 3 aromatic carbocycles. The van der Waals surface area contributed by atoms with Crippen LogP contribution in [0.15, 0.2) is 89.5 Å². The third kappa shape index (κ3) is 9.33. The predicted molar refractivity (Wildman–Crippen MR) is 205 cm³/mol. The van der Waals surface area contributed by atoms with Crippen molar-refractivity contribution < 1.29 is 28.8 Å². The molecule has 0 fully saturated rings. The zero-order valence-corrected chi connectivity index (χ0v) is 31.1. The number of ether oxygens (including phenoxy) is 1. The lowest BCUT2D eigenvalue weighted by atomic mass is 9.72. The Bertz CT molecular complexity index is 2020. The number of carbonyl (C=O) groups is 4. The first-order valence-electron chi connectivity index (χ1n) is 16.7. The number of fused-ring (bicyclic) bond motifs is 1. The molecule has 0 saturated heterocycles. The standard InChI is InChI=1S/C39H40N4O7S2/c1-23(34(44)42-37-33(38(47)50-5)30-19-16-26(39(2,3)4)21-32(30)52-37)51-29-13-9-12-27(22-29)40-36(46)31(41-35(45)25-10-7-6-8-11-25)20-24-14-17-28(18-15-24)43(48)49/h6-15,17-18,20,22-23,26H,16,19,21H2,1-5H3,(H,40,46)(H,41,45)(H,42,44)/b31-20+. The molecule has 0 spiro atoms. The van der Waals surface area contributed by atoms with Crippen LogP contribution >= 0.6 is 23.1 Å². The van der Waals surface area contributed by atoms with Gasteiger partial charge in [-0.1, -0.05) is 45.0 Å². The zero-order chi connectivity index (χ0) is 37.6. The van der Waals surface area contributed by atoms with Crippen molar-refractivity contribution in [2.45, 2.75) is 57.1 Å². The maximum Gasteiger partial charge on any atom is 0.341 e. The summed E-state index contributed by atoms with van der Waals surface area (Å²) in [7, 11) is 1.34. The summed E-state index contributed by atoms with van der Waals surface area (Å²) in [6, 6.07) is 20.9. The molecule has 1 aliphatic carbocycles. The monoisotopic (exact) mass is 740 g/mol. The van der Waals surface area contributed by atoms with E-state index in [0.717, 1.165) is 29.7 Å². The number of rotatable bonds is 11. The van der Waals surface area contributed by atoms with Crippen LogP contribution in [0.25, 0.3) is 6.08 Å². The first-order chi connectivity index (χ1) is 24.7. The van der Waals surface area contributed by atoms with Crippen LogP contribution in [-0.2, 0) is 27.2 Å². The highest BCUT2D eigenvalue weighted by atomic mass is 32.2. The fourth-order valence-corrected chi connectivity index (χ4v) is 8.09. The van der Waals surface area contributed by atoms with E-state index >= 15 is 0 Å². The fraction of sp³-hybridized carbons (Fsp3) is 0.282. The molecular formula is C39H40N4O7S2. The van der Waals surface area contributed by atoms with E-state index in [0.29, 0.717) is 38.2 Å². The number of non-ortho nitro benzene ring substituents is 1. The summed E-state index contributed by atoms with van der Waals surface area (Å²) in [6.45, 7) is 8.43. The molecule has 1 heterocycles. The Balaban J connectivity index is 1.30. The van der Waals surface area contributed by atoms with E-state index in [1.807, 2.05) is 6.07 Å². The lowest BCUT2D eigenvalue weighted by molar-refractivity contribution is -0.384. The van der Waals surface area contributed by atoms with E-state index in [1.165, 1.54) is 60.5 Å². The molecule has 52 heavy (non-hydrogen) atoms. The van der Waals surface area contributed by atoms with Gasteiger partial charge >= 0.3 is 5.97 Å². The number of esters is 1. The number of anilines is 2. The normalized spacial score (nSPS) is 14.8. The van der Waals surface area contributed by atoms with Gasteiger partial charge < -0.3 is 20.7 Å². The summed E-state index contributed by atoms with van der Waals surface area (Å²) in [5.41, 5.74) is 2.54. The molecule has 2 atom stereocenters. The first kappa shape index (κ1) is 38.0. The zero-order valence-electron chi connectivity index (χ0n) is 29.5. The van der Waals surface area contributed by atoms with Crippen LogP contribution in [0, 0.1) is 21.4 Å². The van der Waals surface area contributed by atoms with Crippen LogP contribution in [0.1, 0.15) is 70.8 Å². The second kappa shape index (κ2) is 16.4. The minimum absolute atomic E-state index is 0.0811. The van der Waals surface area contributed by atoms with Gasteiger partial charge in [0, 0.05) is 33.2 Å². The van der Waals surface area contributed by atoms with Gasteiger partial charge in [-0.2, -0.15) is 0 Å². The minimum atomic E-state index is -0.624. The molecule has 4 aromatic rings. The summed E-state index contributed by atoms with van der Waals surface area (Å²) in [5.74, 6) is -1.42. The van der Waals surface area contributed by atoms with Gasteiger partial charge in [-0.3, -0.25) is 24.5 Å². The molecule has 0 radical (unpaired) electrons. The van der Waals surface area contributed by atoms with Crippen LogP contribution in [-0.4, -0.2) is 41.0 Å². The Kier molecular flexibility index (Phi) is 12.0. The number of methoxy groups -OCH3 is 1. The van der Waals surface area contributed by atoms with Gasteiger partial charge in [0.2, 0.25) is 5.91 Å². The van der Waals surface area contributed by atoms with Crippen molar-refractivity contribution in [2.24, 2.45) is 11.3 Å². The van der Waals surface area contributed by atoms with Crippen LogP contribution < -0.4 is 16.0 Å². The molecule has 1 aliphatic rings. The SMILES string of the molecule is COC(=O)c1c(NC(=O)C(C)Sc2cccc(NC(=O)/C(=C\c3ccc([N+](=O)[O-])cc3)NC(=O)c3ccccc3)c2)sc2c1CCC(C(C)(C)C)C2. The number of amides is 3. The van der Waals surface area contributed by atoms with E-state index in [4.69, 9.17) is 4.74 Å². The lowest BCUT2D eigenvalue weighted by Crippen LogP contribution is -2.30. The molecule has 270 valence electrons.